The largest absolute Gasteiger partial charge is 0.451 e. The highest BCUT2D eigenvalue weighted by atomic mass is 32.1. The Morgan fingerprint density at radius 2 is 2.05 bits per heavy atom. The van der Waals surface area contributed by atoms with Crippen molar-refractivity contribution in [3.8, 4) is 0 Å². The third-order valence-electron chi connectivity index (χ3n) is 3.10. The molecule has 0 bridgehead atoms. The van der Waals surface area contributed by atoms with Crippen LogP contribution >= 0.6 is 11.3 Å². The maximum atomic E-state index is 12.0. The smallest absolute Gasteiger partial charge is 0.287 e. The lowest BCUT2D eigenvalue weighted by Gasteiger charge is -2.04. The minimum absolute atomic E-state index is 0.0462. The number of para-hydroxylation sites is 1. The summed E-state index contributed by atoms with van der Waals surface area (Å²) in [4.78, 5) is 25.2. The molecule has 0 aliphatic rings. The van der Waals surface area contributed by atoms with Crippen LogP contribution in [0.1, 0.15) is 15.4 Å². The van der Waals surface area contributed by atoms with Crippen LogP contribution in [0.5, 0.6) is 0 Å². The monoisotopic (exact) mass is 299 g/mol. The second kappa shape index (κ2) is 5.93. The summed E-state index contributed by atoms with van der Waals surface area (Å²) in [6.07, 6.45) is 0.765. The van der Waals surface area contributed by atoms with Crippen LogP contribution in [-0.2, 0) is 6.42 Å². The summed E-state index contributed by atoms with van der Waals surface area (Å²) >= 11 is 1.65. The summed E-state index contributed by atoms with van der Waals surface area (Å²) in [6, 6.07) is 12.1. The van der Waals surface area contributed by atoms with Crippen LogP contribution in [-0.4, -0.2) is 12.5 Å². The van der Waals surface area contributed by atoms with E-state index in [1.54, 1.807) is 35.6 Å². The maximum Gasteiger partial charge on any atom is 0.287 e. The Kier molecular flexibility index (Phi) is 3.83. The van der Waals surface area contributed by atoms with E-state index in [0.717, 1.165) is 6.42 Å². The van der Waals surface area contributed by atoms with Crippen molar-refractivity contribution >= 4 is 28.2 Å². The number of benzene rings is 1. The SMILES string of the molecule is O=C(NCCc1cccs1)c1cc(=O)c2ccccc2o1. The van der Waals surface area contributed by atoms with Gasteiger partial charge in [0.1, 0.15) is 5.58 Å². The average molecular weight is 299 g/mol. The van der Waals surface area contributed by atoms with E-state index >= 15 is 0 Å². The quantitative estimate of drug-likeness (QED) is 0.806. The molecule has 0 radical (unpaired) electrons. The molecular weight excluding hydrogens is 286 g/mol. The highest BCUT2D eigenvalue weighted by Crippen LogP contribution is 2.12. The van der Waals surface area contributed by atoms with Crippen LogP contribution in [0.15, 0.2) is 57.1 Å². The Bertz CT molecular complexity index is 821. The summed E-state index contributed by atoms with van der Waals surface area (Å²) in [5.41, 5.74) is 0.216. The van der Waals surface area contributed by atoms with Gasteiger partial charge in [-0.2, -0.15) is 0 Å². The molecular formula is C16H13NO3S. The zero-order valence-electron chi connectivity index (χ0n) is 11.2. The number of thiophene rings is 1. The number of carbonyl (C=O) groups is 1. The van der Waals surface area contributed by atoms with E-state index in [1.165, 1.54) is 10.9 Å². The van der Waals surface area contributed by atoms with Crippen LogP contribution in [0.2, 0.25) is 0 Å². The number of rotatable bonds is 4. The second-order valence-electron chi connectivity index (χ2n) is 4.56. The molecule has 4 nitrogen and oxygen atoms in total. The van der Waals surface area contributed by atoms with Gasteiger partial charge in [-0.3, -0.25) is 9.59 Å². The average Bonchev–Trinajstić information content (AvgIpc) is 3.00. The van der Waals surface area contributed by atoms with E-state index < -0.39 is 0 Å². The molecule has 5 heteroatoms. The molecule has 3 aromatic rings. The van der Waals surface area contributed by atoms with Gasteiger partial charge in [0, 0.05) is 17.5 Å². The topological polar surface area (TPSA) is 59.3 Å². The van der Waals surface area contributed by atoms with Gasteiger partial charge in [-0.15, -0.1) is 11.3 Å². The zero-order chi connectivity index (χ0) is 14.7. The van der Waals surface area contributed by atoms with Gasteiger partial charge in [-0.05, 0) is 30.0 Å². The molecule has 3 rings (SSSR count). The van der Waals surface area contributed by atoms with Crippen molar-refractivity contribution in [1.29, 1.82) is 0 Å². The number of amides is 1. The van der Waals surface area contributed by atoms with E-state index in [9.17, 15) is 9.59 Å². The van der Waals surface area contributed by atoms with Gasteiger partial charge in [0.15, 0.2) is 11.2 Å². The minimum atomic E-state index is -0.366. The lowest BCUT2D eigenvalue weighted by molar-refractivity contribution is 0.0927. The summed E-state index contributed by atoms with van der Waals surface area (Å²) in [7, 11) is 0. The number of nitrogens with one attached hydrogen (secondary N) is 1. The van der Waals surface area contributed by atoms with Crippen LogP contribution in [0, 0.1) is 0 Å². The van der Waals surface area contributed by atoms with Crippen molar-refractivity contribution < 1.29 is 9.21 Å². The summed E-state index contributed by atoms with van der Waals surface area (Å²) in [5, 5.41) is 5.24. The van der Waals surface area contributed by atoms with E-state index in [0.29, 0.717) is 17.5 Å². The predicted molar refractivity (Wildman–Crippen MR) is 82.8 cm³/mol. The number of hydrogen-bond acceptors (Lipinski definition) is 4. The van der Waals surface area contributed by atoms with Crippen molar-refractivity contribution in [2.45, 2.75) is 6.42 Å². The van der Waals surface area contributed by atoms with Crippen LogP contribution in [0.25, 0.3) is 11.0 Å². The second-order valence-corrected chi connectivity index (χ2v) is 5.59. The molecule has 2 aromatic heterocycles. The van der Waals surface area contributed by atoms with Gasteiger partial charge in [-0.1, -0.05) is 18.2 Å². The van der Waals surface area contributed by atoms with Gasteiger partial charge in [0.05, 0.1) is 5.39 Å². The molecule has 2 heterocycles. The standard InChI is InChI=1S/C16H13NO3S/c18-13-10-15(20-14-6-2-1-5-12(13)14)16(19)17-8-7-11-4-3-9-21-11/h1-6,9-10H,7-8H2,(H,17,19). The molecule has 0 spiro atoms. The van der Waals surface area contributed by atoms with Crippen molar-refractivity contribution in [2.24, 2.45) is 0 Å². The highest BCUT2D eigenvalue weighted by molar-refractivity contribution is 7.09. The van der Waals surface area contributed by atoms with Crippen molar-refractivity contribution in [3.05, 3.63) is 68.7 Å². The summed E-state index contributed by atoms with van der Waals surface area (Å²) in [6.45, 7) is 0.510. The van der Waals surface area contributed by atoms with Crippen LogP contribution < -0.4 is 10.7 Å². The lowest BCUT2D eigenvalue weighted by atomic mass is 10.2. The molecule has 106 valence electrons. The Hall–Kier alpha value is -2.40. The van der Waals surface area contributed by atoms with Gasteiger partial charge in [-0.25, -0.2) is 0 Å². The fourth-order valence-electron chi connectivity index (χ4n) is 2.06. The van der Waals surface area contributed by atoms with Gasteiger partial charge in [0.25, 0.3) is 5.91 Å². The molecule has 0 fully saturated rings. The maximum absolute atomic E-state index is 12.0. The van der Waals surface area contributed by atoms with E-state index in [4.69, 9.17) is 4.42 Å². The predicted octanol–water partition coefficient (Wildman–Crippen LogP) is 2.83. The first-order valence-corrected chi connectivity index (χ1v) is 7.45. The van der Waals surface area contributed by atoms with E-state index in [-0.39, 0.29) is 17.1 Å². The normalized spacial score (nSPS) is 10.7. The Balaban J connectivity index is 1.74. The fourth-order valence-corrected chi connectivity index (χ4v) is 2.77. The third-order valence-corrected chi connectivity index (χ3v) is 4.03. The molecule has 21 heavy (non-hydrogen) atoms. The van der Waals surface area contributed by atoms with Gasteiger partial charge in [0.2, 0.25) is 0 Å². The molecule has 1 amide bonds. The van der Waals surface area contributed by atoms with Crippen molar-refractivity contribution in [2.75, 3.05) is 6.54 Å². The van der Waals surface area contributed by atoms with Crippen molar-refractivity contribution in [1.82, 2.24) is 5.32 Å². The molecule has 0 saturated heterocycles. The number of hydrogen-bond donors (Lipinski definition) is 1. The Morgan fingerprint density at radius 1 is 1.19 bits per heavy atom. The molecule has 0 unspecified atom stereocenters. The van der Waals surface area contributed by atoms with Gasteiger partial charge < -0.3 is 9.73 Å². The molecule has 0 aliphatic carbocycles. The summed E-state index contributed by atoms with van der Waals surface area (Å²) in [5.74, 6) is -0.320. The van der Waals surface area contributed by atoms with Crippen LogP contribution in [0.3, 0.4) is 0 Å². The van der Waals surface area contributed by atoms with Gasteiger partial charge >= 0.3 is 0 Å². The molecule has 0 aliphatic heterocycles. The molecule has 1 aromatic carbocycles. The van der Waals surface area contributed by atoms with Crippen molar-refractivity contribution in [3.63, 3.8) is 0 Å². The first kappa shape index (κ1) is 13.6. The summed E-state index contributed by atoms with van der Waals surface area (Å²) < 4.78 is 5.48. The number of fused-ring (bicyclic) bond motifs is 1. The Morgan fingerprint density at radius 3 is 2.86 bits per heavy atom. The van der Waals surface area contributed by atoms with E-state index in [2.05, 4.69) is 5.32 Å². The zero-order valence-corrected chi connectivity index (χ0v) is 12.0. The lowest BCUT2D eigenvalue weighted by Crippen LogP contribution is -2.26. The first-order valence-electron chi connectivity index (χ1n) is 6.57. The molecule has 0 atom stereocenters. The minimum Gasteiger partial charge on any atom is -0.451 e. The Labute approximate surface area is 125 Å². The molecule has 0 saturated carbocycles. The highest BCUT2D eigenvalue weighted by Gasteiger charge is 2.11. The van der Waals surface area contributed by atoms with Crippen LogP contribution in [0.4, 0.5) is 0 Å². The van der Waals surface area contributed by atoms with E-state index in [1.807, 2.05) is 17.5 Å². The molecule has 1 N–H and O–H groups in total. The third kappa shape index (κ3) is 3.03. The first-order chi connectivity index (χ1) is 10.2. The number of carbonyl (C=O) groups excluding carboxylic acids is 1. The fraction of sp³-hybridized carbons (Fsp3) is 0.125.